The first-order chi connectivity index (χ1) is 12.6. The topological polar surface area (TPSA) is 71.1 Å². The van der Waals surface area contributed by atoms with E-state index < -0.39 is 17.6 Å². The highest BCUT2D eigenvalue weighted by Gasteiger charge is 2.15. The number of aryl methyl sites for hydroxylation is 1. The molecule has 0 atom stereocenters. The molecule has 2 N–H and O–H groups in total. The molecule has 1 heterocycles. The molecule has 132 valence electrons. The highest BCUT2D eigenvalue weighted by Crippen LogP contribution is 2.24. The third-order valence-electron chi connectivity index (χ3n) is 3.75. The van der Waals surface area contributed by atoms with Crippen LogP contribution in [-0.2, 0) is 6.42 Å². The summed E-state index contributed by atoms with van der Waals surface area (Å²) in [6.45, 7) is 2.08. The summed E-state index contributed by atoms with van der Waals surface area (Å²) in [5, 5.41) is 2.31. The van der Waals surface area contributed by atoms with Crippen LogP contribution in [0.5, 0.6) is 0 Å². The van der Waals surface area contributed by atoms with Crippen LogP contribution in [0.15, 0.2) is 53.9 Å². The third kappa shape index (κ3) is 3.94. The van der Waals surface area contributed by atoms with Crippen LogP contribution in [0.4, 0.5) is 4.39 Å². The summed E-state index contributed by atoms with van der Waals surface area (Å²) in [5.74, 6) is -1.96. The molecule has 0 fully saturated rings. The fourth-order valence-electron chi connectivity index (χ4n) is 2.28. The Balaban J connectivity index is 1.64. The Bertz CT molecular complexity index is 938. The van der Waals surface area contributed by atoms with Gasteiger partial charge in [-0.25, -0.2) is 9.37 Å². The van der Waals surface area contributed by atoms with E-state index in [0.29, 0.717) is 5.01 Å². The zero-order chi connectivity index (χ0) is 18.5. The van der Waals surface area contributed by atoms with Crippen molar-refractivity contribution in [3.63, 3.8) is 0 Å². The van der Waals surface area contributed by atoms with Crippen molar-refractivity contribution in [1.82, 2.24) is 15.8 Å². The smallest absolute Gasteiger partial charge is 0.267 e. The van der Waals surface area contributed by atoms with E-state index in [9.17, 15) is 14.0 Å². The number of carbonyl (C=O) groups excluding carboxylic acids is 2. The highest BCUT2D eigenvalue weighted by atomic mass is 32.1. The first-order valence-corrected chi connectivity index (χ1v) is 8.86. The lowest BCUT2D eigenvalue weighted by atomic mass is 10.1. The van der Waals surface area contributed by atoms with Gasteiger partial charge < -0.3 is 0 Å². The Morgan fingerprint density at radius 2 is 1.73 bits per heavy atom. The Hall–Kier alpha value is -3.06. The number of nitrogens with zero attached hydrogens (tertiary/aromatic N) is 1. The first kappa shape index (κ1) is 17.8. The summed E-state index contributed by atoms with van der Waals surface area (Å²) in [6, 6.07) is 13.5. The van der Waals surface area contributed by atoms with Crippen molar-refractivity contribution in [2.24, 2.45) is 0 Å². The first-order valence-electron chi connectivity index (χ1n) is 7.98. The molecule has 3 aromatic rings. The molecule has 1 aromatic heterocycles. The van der Waals surface area contributed by atoms with E-state index >= 15 is 0 Å². The molecule has 2 aromatic carbocycles. The number of aromatic nitrogens is 1. The minimum atomic E-state index is -0.734. The maximum Gasteiger partial charge on any atom is 0.289 e. The van der Waals surface area contributed by atoms with E-state index in [1.54, 1.807) is 5.38 Å². The molecule has 0 bridgehead atoms. The normalized spacial score (nSPS) is 10.4. The molecule has 5 nitrogen and oxygen atoms in total. The van der Waals surface area contributed by atoms with Crippen LogP contribution in [0.25, 0.3) is 10.6 Å². The van der Waals surface area contributed by atoms with Crippen LogP contribution in [0.1, 0.15) is 33.3 Å². The molecule has 3 rings (SSSR count). The fraction of sp³-hybridized carbons (Fsp3) is 0.105. The summed E-state index contributed by atoms with van der Waals surface area (Å²) in [5.41, 5.74) is 6.60. The largest absolute Gasteiger partial charge is 0.289 e. The summed E-state index contributed by atoms with van der Waals surface area (Å²) in [4.78, 5) is 28.3. The SMILES string of the molecule is CCc1ccc(-c2nc(C(=O)NNC(=O)c3ccccc3F)cs2)cc1. The van der Waals surface area contributed by atoms with Crippen LogP contribution in [0.3, 0.4) is 0 Å². The molecular formula is C19H16FN3O2S. The number of amides is 2. The Morgan fingerprint density at radius 3 is 2.42 bits per heavy atom. The highest BCUT2D eigenvalue weighted by molar-refractivity contribution is 7.13. The van der Waals surface area contributed by atoms with Gasteiger partial charge in [0.25, 0.3) is 11.8 Å². The number of rotatable bonds is 4. The lowest BCUT2D eigenvalue weighted by Gasteiger charge is -2.06. The second-order valence-corrected chi connectivity index (χ2v) is 6.33. The third-order valence-corrected chi connectivity index (χ3v) is 4.65. The average Bonchev–Trinajstić information content (AvgIpc) is 3.16. The molecule has 0 aliphatic rings. The van der Waals surface area contributed by atoms with Gasteiger partial charge in [0.2, 0.25) is 0 Å². The molecule has 0 saturated heterocycles. The zero-order valence-corrected chi connectivity index (χ0v) is 14.8. The van der Waals surface area contributed by atoms with Gasteiger partial charge >= 0.3 is 0 Å². The monoisotopic (exact) mass is 369 g/mol. The molecule has 0 spiro atoms. The lowest BCUT2D eigenvalue weighted by Crippen LogP contribution is -2.42. The number of halogens is 1. The van der Waals surface area contributed by atoms with Crippen molar-refractivity contribution >= 4 is 23.2 Å². The maximum absolute atomic E-state index is 13.5. The molecule has 0 aliphatic carbocycles. The van der Waals surface area contributed by atoms with Crippen LogP contribution < -0.4 is 10.9 Å². The van der Waals surface area contributed by atoms with E-state index in [-0.39, 0.29) is 11.3 Å². The molecule has 26 heavy (non-hydrogen) atoms. The Morgan fingerprint density at radius 1 is 1.04 bits per heavy atom. The predicted octanol–water partition coefficient (Wildman–Crippen LogP) is 3.59. The lowest BCUT2D eigenvalue weighted by molar-refractivity contribution is 0.0842. The van der Waals surface area contributed by atoms with Gasteiger partial charge in [-0.15, -0.1) is 11.3 Å². The van der Waals surface area contributed by atoms with Crippen LogP contribution in [-0.4, -0.2) is 16.8 Å². The number of carbonyl (C=O) groups is 2. The number of hydrogen-bond donors (Lipinski definition) is 2. The van der Waals surface area contributed by atoms with Crippen molar-refractivity contribution in [3.05, 3.63) is 76.5 Å². The second-order valence-electron chi connectivity index (χ2n) is 5.48. The van der Waals surface area contributed by atoms with E-state index in [0.717, 1.165) is 12.0 Å². The number of hydrazine groups is 1. The summed E-state index contributed by atoms with van der Waals surface area (Å²) < 4.78 is 13.5. The molecule has 2 amide bonds. The molecule has 0 radical (unpaired) electrons. The van der Waals surface area contributed by atoms with Crippen molar-refractivity contribution in [3.8, 4) is 10.6 Å². The Labute approximate surface area is 153 Å². The maximum atomic E-state index is 13.5. The number of thiazole rings is 1. The minimum Gasteiger partial charge on any atom is -0.267 e. The van der Waals surface area contributed by atoms with E-state index in [4.69, 9.17) is 0 Å². The van der Waals surface area contributed by atoms with E-state index in [1.165, 1.54) is 41.2 Å². The molecule has 0 saturated carbocycles. The minimum absolute atomic E-state index is 0.150. The summed E-state index contributed by atoms with van der Waals surface area (Å²) in [6.07, 6.45) is 0.952. The zero-order valence-electron chi connectivity index (χ0n) is 14.0. The van der Waals surface area contributed by atoms with Gasteiger partial charge in [-0.3, -0.25) is 20.4 Å². The van der Waals surface area contributed by atoms with Crippen LogP contribution >= 0.6 is 11.3 Å². The van der Waals surface area contributed by atoms with Gasteiger partial charge in [0.1, 0.15) is 16.5 Å². The molecule has 0 unspecified atom stereocenters. The molecule has 7 heteroatoms. The van der Waals surface area contributed by atoms with Gasteiger partial charge in [-0.1, -0.05) is 43.3 Å². The van der Waals surface area contributed by atoms with E-state index in [1.807, 2.05) is 24.3 Å². The second kappa shape index (κ2) is 7.88. The van der Waals surface area contributed by atoms with Gasteiger partial charge in [-0.05, 0) is 24.1 Å². The number of benzene rings is 2. The number of nitrogens with one attached hydrogen (secondary N) is 2. The van der Waals surface area contributed by atoms with Crippen LogP contribution in [0, 0.1) is 5.82 Å². The molecular weight excluding hydrogens is 353 g/mol. The Kier molecular flexibility index (Phi) is 5.38. The van der Waals surface area contributed by atoms with Gasteiger partial charge in [-0.2, -0.15) is 0 Å². The standard InChI is InChI=1S/C19H16FN3O2S/c1-2-12-7-9-13(10-8-12)19-21-16(11-26-19)18(25)23-22-17(24)14-5-3-4-6-15(14)20/h3-11H,2H2,1H3,(H,22,24)(H,23,25). The van der Waals surface area contributed by atoms with E-state index in [2.05, 4.69) is 22.8 Å². The van der Waals surface area contributed by atoms with Crippen molar-refractivity contribution in [1.29, 1.82) is 0 Å². The van der Waals surface area contributed by atoms with Crippen LogP contribution in [0.2, 0.25) is 0 Å². The van der Waals surface area contributed by atoms with Gasteiger partial charge in [0.15, 0.2) is 0 Å². The number of hydrogen-bond acceptors (Lipinski definition) is 4. The van der Waals surface area contributed by atoms with Gasteiger partial charge in [0, 0.05) is 10.9 Å². The summed E-state index contributed by atoms with van der Waals surface area (Å²) in [7, 11) is 0. The van der Waals surface area contributed by atoms with Crippen molar-refractivity contribution in [2.45, 2.75) is 13.3 Å². The van der Waals surface area contributed by atoms with Crippen molar-refractivity contribution in [2.75, 3.05) is 0 Å². The quantitative estimate of drug-likeness (QED) is 0.691. The van der Waals surface area contributed by atoms with Gasteiger partial charge in [0.05, 0.1) is 5.56 Å². The van der Waals surface area contributed by atoms with Crippen molar-refractivity contribution < 1.29 is 14.0 Å². The fourth-order valence-corrected chi connectivity index (χ4v) is 3.09. The average molecular weight is 369 g/mol. The summed E-state index contributed by atoms with van der Waals surface area (Å²) >= 11 is 1.33. The predicted molar refractivity (Wildman–Crippen MR) is 98.3 cm³/mol. The molecule has 0 aliphatic heterocycles.